The molecule has 0 saturated heterocycles. The van der Waals surface area contributed by atoms with E-state index in [0.717, 1.165) is 30.9 Å². The highest BCUT2D eigenvalue weighted by Gasteiger charge is 2.23. The fraction of sp³-hybridized carbons (Fsp3) is 0.103. The molecule has 0 fully saturated rings. The van der Waals surface area contributed by atoms with E-state index in [1.54, 1.807) is 0 Å². The van der Waals surface area contributed by atoms with Gasteiger partial charge in [-0.1, -0.05) is 72.8 Å². The van der Waals surface area contributed by atoms with Gasteiger partial charge in [0.15, 0.2) is 0 Å². The fourth-order valence-electron chi connectivity index (χ4n) is 4.19. The van der Waals surface area contributed by atoms with Gasteiger partial charge < -0.3 is 4.90 Å². The first-order chi connectivity index (χ1) is 15.9. The lowest BCUT2D eigenvalue weighted by molar-refractivity contribution is 0.317. The second-order valence-corrected chi connectivity index (χ2v) is 7.93. The van der Waals surface area contributed by atoms with Crippen molar-refractivity contribution in [1.29, 1.82) is 0 Å². The minimum atomic E-state index is 0.743. The van der Waals surface area contributed by atoms with Crippen LogP contribution < -0.4 is 0 Å². The lowest BCUT2D eigenvalue weighted by atomic mass is 9.97. The molecular formula is C29H25N3. The van der Waals surface area contributed by atoms with Crippen LogP contribution in [-0.4, -0.2) is 14.9 Å². The van der Waals surface area contributed by atoms with Crippen LogP contribution >= 0.6 is 0 Å². The smallest absolute Gasteiger partial charge is 0.0603 e. The van der Waals surface area contributed by atoms with Crippen molar-refractivity contribution < 1.29 is 0 Å². The maximum absolute atomic E-state index is 4.58. The second-order valence-electron chi connectivity index (χ2n) is 7.93. The van der Waals surface area contributed by atoms with E-state index in [-0.39, 0.29) is 0 Å². The molecule has 156 valence electrons. The Bertz CT molecular complexity index is 1170. The van der Waals surface area contributed by atoms with Gasteiger partial charge in [0, 0.05) is 24.5 Å². The average Bonchev–Trinajstić information content (AvgIpc) is 3.32. The van der Waals surface area contributed by atoms with Crippen molar-refractivity contribution in [1.82, 2.24) is 14.9 Å². The fourth-order valence-corrected chi connectivity index (χ4v) is 4.19. The van der Waals surface area contributed by atoms with Crippen LogP contribution in [0.25, 0.3) is 11.1 Å². The topological polar surface area (TPSA) is 29.0 Å². The lowest BCUT2D eigenvalue weighted by Crippen LogP contribution is -2.23. The Labute approximate surface area is 189 Å². The van der Waals surface area contributed by atoms with Gasteiger partial charge in [-0.25, -0.2) is 0 Å². The van der Waals surface area contributed by atoms with Crippen molar-refractivity contribution in [2.24, 2.45) is 0 Å². The van der Waals surface area contributed by atoms with Crippen molar-refractivity contribution in [3.8, 4) is 0 Å². The van der Waals surface area contributed by atoms with Gasteiger partial charge in [-0.2, -0.15) is 0 Å². The van der Waals surface area contributed by atoms with Gasteiger partial charge in [0.05, 0.1) is 24.5 Å². The van der Waals surface area contributed by atoms with Crippen molar-refractivity contribution in [2.75, 3.05) is 0 Å². The summed E-state index contributed by atoms with van der Waals surface area (Å²) in [5.41, 5.74) is 8.57. The molecule has 0 aliphatic heterocycles. The molecule has 5 rings (SSSR count). The number of hydrogen-bond acceptors (Lipinski definition) is 3. The molecule has 0 spiro atoms. The second kappa shape index (κ2) is 9.44. The molecule has 0 radical (unpaired) electrons. The molecule has 32 heavy (non-hydrogen) atoms. The van der Waals surface area contributed by atoms with Crippen LogP contribution in [0.1, 0.15) is 28.9 Å². The summed E-state index contributed by atoms with van der Waals surface area (Å²) in [5.74, 6) is 0. The minimum Gasteiger partial charge on any atom is -0.363 e. The van der Waals surface area contributed by atoms with Crippen LogP contribution in [0.3, 0.4) is 0 Å². The Morgan fingerprint density at radius 1 is 0.594 bits per heavy atom. The van der Waals surface area contributed by atoms with Gasteiger partial charge in [0.2, 0.25) is 0 Å². The van der Waals surface area contributed by atoms with E-state index in [1.807, 2.05) is 36.7 Å². The maximum atomic E-state index is 4.58. The Morgan fingerprint density at radius 2 is 1.12 bits per heavy atom. The van der Waals surface area contributed by atoms with Crippen molar-refractivity contribution in [3.05, 3.63) is 144 Å². The molecule has 0 unspecified atom stereocenters. The van der Waals surface area contributed by atoms with E-state index in [0.29, 0.717) is 0 Å². The lowest BCUT2D eigenvalue weighted by Gasteiger charge is -2.26. The SMILES string of the molecule is C1=C(N(Cc2ccccn2)Cc2ccccn2)CC(c2ccccc2)=C1c1ccccc1. The quantitative estimate of drug-likeness (QED) is 0.351. The average molecular weight is 416 g/mol. The third-order valence-corrected chi connectivity index (χ3v) is 5.77. The van der Waals surface area contributed by atoms with E-state index in [1.165, 1.54) is 28.0 Å². The summed E-state index contributed by atoms with van der Waals surface area (Å²) in [5, 5.41) is 0. The summed E-state index contributed by atoms with van der Waals surface area (Å²) in [4.78, 5) is 11.6. The number of hydrogen-bond donors (Lipinski definition) is 0. The molecule has 0 N–H and O–H groups in total. The van der Waals surface area contributed by atoms with Gasteiger partial charge in [0.1, 0.15) is 0 Å². The van der Waals surface area contributed by atoms with Gasteiger partial charge in [-0.15, -0.1) is 0 Å². The summed E-state index contributed by atoms with van der Waals surface area (Å²) in [6.45, 7) is 1.49. The molecule has 0 bridgehead atoms. The highest BCUT2D eigenvalue weighted by atomic mass is 15.2. The number of allylic oxidation sites excluding steroid dienone is 3. The molecule has 1 aliphatic carbocycles. The largest absolute Gasteiger partial charge is 0.363 e. The van der Waals surface area contributed by atoms with Crippen LogP contribution in [0, 0.1) is 0 Å². The van der Waals surface area contributed by atoms with E-state index in [2.05, 4.69) is 93.7 Å². The highest BCUT2D eigenvalue weighted by molar-refractivity contribution is 5.99. The number of benzene rings is 2. The highest BCUT2D eigenvalue weighted by Crippen LogP contribution is 2.40. The third-order valence-electron chi connectivity index (χ3n) is 5.77. The summed E-state index contributed by atoms with van der Waals surface area (Å²) >= 11 is 0. The number of nitrogens with zero attached hydrogens (tertiary/aromatic N) is 3. The van der Waals surface area contributed by atoms with Crippen LogP contribution in [0.2, 0.25) is 0 Å². The first-order valence-electron chi connectivity index (χ1n) is 11.0. The molecule has 3 nitrogen and oxygen atoms in total. The predicted octanol–water partition coefficient (Wildman–Crippen LogP) is 6.38. The molecule has 2 aromatic heterocycles. The molecule has 4 aromatic rings. The van der Waals surface area contributed by atoms with Gasteiger partial charge in [-0.05, 0) is 52.6 Å². The first-order valence-corrected chi connectivity index (χ1v) is 11.0. The standard InChI is InChI=1S/C29H25N3/c1-3-11-23(12-4-1)28-19-27(20-29(28)24-13-5-2-6-14-24)32(21-25-15-7-9-17-30-25)22-26-16-8-10-18-31-26/h1-19H,20-22H2. The van der Waals surface area contributed by atoms with Gasteiger partial charge in [-0.3, -0.25) is 9.97 Å². The van der Waals surface area contributed by atoms with Gasteiger partial charge >= 0.3 is 0 Å². The molecule has 2 heterocycles. The Balaban J connectivity index is 1.52. The van der Waals surface area contributed by atoms with Crippen LogP contribution in [0.4, 0.5) is 0 Å². The summed E-state index contributed by atoms with van der Waals surface area (Å²) in [7, 11) is 0. The van der Waals surface area contributed by atoms with Crippen LogP contribution in [-0.2, 0) is 13.1 Å². The summed E-state index contributed by atoms with van der Waals surface area (Å²) < 4.78 is 0. The normalized spacial score (nSPS) is 13.2. The molecule has 0 saturated carbocycles. The maximum Gasteiger partial charge on any atom is 0.0603 e. The zero-order valence-corrected chi connectivity index (χ0v) is 17.9. The Kier molecular flexibility index (Phi) is 5.89. The molecular weight excluding hydrogens is 390 g/mol. The molecule has 0 atom stereocenters. The first kappa shape index (κ1) is 20.0. The number of pyridine rings is 2. The Hall–Kier alpha value is -3.98. The molecule has 0 amide bonds. The van der Waals surface area contributed by atoms with E-state index in [9.17, 15) is 0 Å². The molecule has 2 aromatic carbocycles. The molecule has 3 heteroatoms. The summed E-state index contributed by atoms with van der Waals surface area (Å²) in [6.07, 6.45) is 6.96. The van der Waals surface area contributed by atoms with Crippen LogP contribution in [0.5, 0.6) is 0 Å². The minimum absolute atomic E-state index is 0.743. The Morgan fingerprint density at radius 3 is 1.66 bits per heavy atom. The number of aromatic nitrogens is 2. The van der Waals surface area contributed by atoms with E-state index < -0.39 is 0 Å². The van der Waals surface area contributed by atoms with Crippen molar-refractivity contribution >= 4 is 11.1 Å². The van der Waals surface area contributed by atoms with Gasteiger partial charge in [0.25, 0.3) is 0 Å². The number of rotatable bonds is 7. The summed E-state index contributed by atoms with van der Waals surface area (Å²) in [6, 6.07) is 33.6. The zero-order chi connectivity index (χ0) is 21.6. The van der Waals surface area contributed by atoms with Crippen molar-refractivity contribution in [3.63, 3.8) is 0 Å². The van der Waals surface area contributed by atoms with Crippen molar-refractivity contribution in [2.45, 2.75) is 19.5 Å². The third kappa shape index (κ3) is 4.52. The monoisotopic (exact) mass is 415 g/mol. The van der Waals surface area contributed by atoms with E-state index >= 15 is 0 Å². The molecule has 1 aliphatic rings. The zero-order valence-electron chi connectivity index (χ0n) is 17.9. The predicted molar refractivity (Wildman–Crippen MR) is 130 cm³/mol. The van der Waals surface area contributed by atoms with Crippen LogP contribution in [0.15, 0.2) is 121 Å². The van der Waals surface area contributed by atoms with E-state index in [4.69, 9.17) is 0 Å².